The van der Waals surface area contributed by atoms with E-state index in [1.807, 2.05) is 25.1 Å². The first-order chi connectivity index (χ1) is 8.93. The molecule has 0 unspecified atom stereocenters. The summed E-state index contributed by atoms with van der Waals surface area (Å²) in [5.74, 6) is 0.525. The molecule has 0 saturated heterocycles. The number of aromatic nitrogens is 3. The summed E-state index contributed by atoms with van der Waals surface area (Å²) in [5.41, 5.74) is 1.78. The lowest BCUT2D eigenvalue weighted by Gasteiger charge is -1.89. The van der Waals surface area contributed by atoms with Crippen molar-refractivity contribution in [3.8, 4) is 11.6 Å². The quantitative estimate of drug-likeness (QED) is 0.734. The van der Waals surface area contributed by atoms with E-state index in [4.69, 9.17) is 15.1 Å². The molecule has 0 spiro atoms. The zero-order valence-corrected chi connectivity index (χ0v) is 11.3. The molecule has 2 heterocycles. The van der Waals surface area contributed by atoms with Gasteiger partial charge in [-0.2, -0.15) is 4.98 Å². The molecule has 0 bridgehead atoms. The number of nitrogens with zero attached hydrogens (tertiary/aromatic N) is 2. The molecule has 1 N–H and O–H groups in total. The number of furan rings is 1. The molecule has 3 rings (SSSR count). The SMILES string of the molecule is Cc1ccc2oc(-c3n[nH]c(S(=O)(=O)Cl)n3)cc2c1. The van der Waals surface area contributed by atoms with E-state index in [0.717, 1.165) is 10.9 Å². The fraction of sp³-hybridized carbons (Fsp3) is 0.0909. The first kappa shape index (κ1) is 12.2. The highest BCUT2D eigenvalue weighted by atomic mass is 35.7. The van der Waals surface area contributed by atoms with E-state index < -0.39 is 14.2 Å². The van der Waals surface area contributed by atoms with E-state index in [0.29, 0.717) is 11.3 Å². The van der Waals surface area contributed by atoms with Gasteiger partial charge in [0.05, 0.1) is 0 Å². The van der Waals surface area contributed by atoms with Crippen molar-refractivity contribution in [1.82, 2.24) is 15.2 Å². The summed E-state index contributed by atoms with van der Waals surface area (Å²) in [4.78, 5) is 3.79. The van der Waals surface area contributed by atoms with Gasteiger partial charge in [0.25, 0.3) is 14.2 Å². The van der Waals surface area contributed by atoms with Gasteiger partial charge in [-0.1, -0.05) is 11.6 Å². The maximum Gasteiger partial charge on any atom is 0.296 e. The van der Waals surface area contributed by atoms with Gasteiger partial charge in [-0.3, -0.25) is 0 Å². The Morgan fingerprint density at radius 1 is 1.32 bits per heavy atom. The molecule has 98 valence electrons. The minimum Gasteiger partial charge on any atom is -0.453 e. The maximum absolute atomic E-state index is 11.1. The Bertz CT molecular complexity index is 866. The summed E-state index contributed by atoms with van der Waals surface area (Å²) in [6.07, 6.45) is 0. The van der Waals surface area contributed by atoms with Gasteiger partial charge in [0, 0.05) is 16.1 Å². The summed E-state index contributed by atoms with van der Waals surface area (Å²) in [5, 5.41) is 6.53. The number of fused-ring (bicyclic) bond motifs is 1. The molecule has 1 aromatic carbocycles. The lowest BCUT2D eigenvalue weighted by molar-refractivity contribution is 0.602. The average molecular weight is 298 g/mol. The van der Waals surface area contributed by atoms with Crippen LogP contribution in [0.4, 0.5) is 0 Å². The second-order valence-corrected chi connectivity index (χ2v) is 6.54. The summed E-state index contributed by atoms with van der Waals surface area (Å²) in [6, 6.07) is 7.45. The molecule has 0 aliphatic rings. The zero-order chi connectivity index (χ0) is 13.6. The van der Waals surface area contributed by atoms with Crippen molar-refractivity contribution in [2.24, 2.45) is 0 Å². The van der Waals surface area contributed by atoms with Gasteiger partial charge in [0.15, 0.2) is 5.76 Å². The molecule has 0 aliphatic carbocycles. The molecule has 0 amide bonds. The monoisotopic (exact) mass is 297 g/mol. The van der Waals surface area contributed by atoms with Crippen LogP contribution in [-0.4, -0.2) is 23.6 Å². The third-order valence-electron chi connectivity index (χ3n) is 2.59. The fourth-order valence-corrected chi connectivity index (χ4v) is 2.30. The lowest BCUT2D eigenvalue weighted by Crippen LogP contribution is -1.92. The second kappa shape index (κ2) is 4.07. The Kier molecular flexibility index (Phi) is 2.61. The predicted octanol–water partition coefficient (Wildman–Crippen LogP) is 2.45. The van der Waals surface area contributed by atoms with Crippen molar-refractivity contribution in [3.05, 3.63) is 29.8 Å². The highest BCUT2D eigenvalue weighted by molar-refractivity contribution is 8.13. The van der Waals surface area contributed by atoms with E-state index in [9.17, 15) is 8.42 Å². The Morgan fingerprint density at radius 3 is 2.79 bits per heavy atom. The third kappa shape index (κ3) is 2.22. The summed E-state index contributed by atoms with van der Waals surface area (Å²) < 4.78 is 27.7. The largest absolute Gasteiger partial charge is 0.453 e. The van der Waals surface area contributed by atoms with Gasteiger partial charge in [0.2, 0.25) is 5.82 Å². The van der Waals surface area contributed by atoms with E-state index in [1.165, 1.54) is 0 Å². The zero-order valence-electron chi connectivity index (χ0n) is 9.71. The van der Waals surface area contributed by atoms with E-state index >= 15 is 0 Å². The molecule has 3 aromatic rings. The van der Waals surface area contributed by atoms with Crippen molar-refractivity contribution in [3.63, 3.8) is 0 Å². The molecule has 19 heavy (non-hydrogen) atoms. The number of benzene rings is 1. The van der Waals surface area contributed by atoms with Crippen LogP contribution in [0.25, 0.3) is 22.6 Å². The fourth-order valence-electron chi connectivity index (χ4n) is 1.74. The van der Waals surface area contributed by atoms with Gasteiger partial charge >= 0.3 is 0 Å². The standard InChI is InChI=1S/C11H8ClN3O3S/c1-6-2-3-8-7(4-6)5-9(18-8)10-13-11(15-14-10)19(12,16)17/h2-5H,1H3,(H,13,14,15). The molecule has 0 aliphatic heterocycles. The topological polar surface area (TPSA) is 88.9 Å². The van der Waals surface area contributed by atoms with Crippen LogP contribution in [0.1, 0.15) is 5.56 Å². The van der Waals surface area contributed by atoms with Crippen molar-refractivity contribution in [2.75, 3.05) is 0 Å². The van der Waals surface area contributed by atoms with Gasteiger partial charge in [-0.15, -0.1) is 5.10 Å². The second-order valence-electron chi connectivity index (χ2n) is 4.05. The highest BCUT2D eigenvalue weighted by Gasteiger charge is 2.18. The first-order valence-electron chi connectivity index (χ1n) is 5.31. The first-order valence-corrected chi connectivity index (χ1v) is 7.62. The Hall–Kier alpha value is -1.86. The number of aromatic amines is 1. The summed E-state index contributed by atoms with van der Waals surface area (Å²) in [7, 11) is 1.24. The number of nitrogens with one attached hydrogen (secondary N) is 1. The molecule has 0 fully saturated rings. The molecule has 6 nitrogen and oxygen atoms in total. The van der Waals surface area contributed by atoms with Gasteiger partial charge in [-0.05, 0) is 25.1 Å². The summed E-state index contributed by atoms with van der Waals surface area (Å²) >= 11 is 0. The normalized spacial score (nSPS) is 12.1. The molecule has 0 saturated carbocycles. The molecule has 2 aromatic heterocycles. The molecular weight excluding hydrogens is 290 g/mol. The smallest absolute Gasteiger partial charge is 0.296 e. The number of H-pyrrole nitrogens is 1. The Morgan fingerprint density at radius 2 is 2.11 bits per heavy atom. The minimum absolute atomic E-state index is 0.146. The molecule has 8 heteroatoms. The van der Waals surface area contributed by atoms with Crippen LogP contribution in [0.15, 0.2) is 33.8 Å². The minimum atomic E-state index is -3.93. The molecular formula is C11H8ClN3O3S. The van der Waals surface area contributed by atoms with Crippen molar-refractivity contribution in [2.45, 2.75) is 12.1 Å². The van der Waals surface area contributed by atoms with Crippen LogP contribution in [0, 0.1) is 6.92 Å². The lowest BCUT2D eigenvalue weighted by atomic mass is 10.2. The maximum atomic E-state index is 11.1. The van der Waals surface area contributed by atoms with Gasteiger partial charge in [0.1, 0.15) is 5.58 Å². The van der Waals surface area contributed by atoms with Crippen LogP contribution in [0.3, 0.4) is 0 Å². The molecule has 0 radical (unpaired) electrons. The van der Waals surface area contributed by atoms with Crippen molar-refractivity contribution < 1.29 is 12.8 Å². The number of rotatable bonds is 2. The molecule has 0 atom stereocenters. The number of halogens is 1. The predicted molar refractivity (Wildman–Crippen MR) is 69.4 cm³/mol. The van der Waals surface area contributed by atoms with E-state index in [-0.39, 0.29) is 5.82 Å². The van der Waals surface area contributed by atoms with Crippen LogP contribution in [-0.2, 0) is 9.05 Å². The van der Waals surface area contributed by atoms with Crippen LogP contribution in [0.5, 0.6) is 0 Å². The van der Waals surface area contributed by atoms with Crippen LogP contribution in [0.2, 0.25) is 0 Å². The van der Waals surface area contributed by atoms with E-state index in [2.05, 4.69) is 15.2 Å². The number of hydrogen-bond acceptors (Lipinski definition) is 5. The Labute approximate surface area is 112 Å². The average Bonchev–Trinajstić information content (AvgIpc) is 2.92. The number of aryl methyl sites for hydroxylation is 1. The summed E-state index contributed by atoms with van der Waals surface area (Å²) in [6.45, 7) is 1.97. The van der Waals surface area contributed by atoms with Crippen molar-refractivity contribution in [1.29, 1.82) is 0 Å². The van der Waals surface area contributed by atoms with Crippen molar-refractivity contribution >= 4 is 30.7 Å². The number of hydrogen-bond donors (Lipinski definition) is 1. The highest BCUT2D eigenvalue weighted by Crippen LogP contribution is 2.26. The van der Waals surface area contributed by atoms with Crippen LogP contribution >= 0.6 is 10.7 Å². The van der Waals surface area contributed by atoms with Gasteiger partial charge < -0.3 is 4.42 Å². The Balaban J connectivity index is 2.11. The van der Waals surface area contributed by atoms with Crippen LogP contribution < -0.4 is 0 Å². The third-order valence-corrected chi connectivity index (χ3v) is 3.67. The van der Waals surface area contributed by atoms with Gasteiger partial charge in [-0.25, -0.2) is 13.5 Å². The van der Waals surface area contributed by atoms with E-state index in [1.54, 1.807) is 6.07 Å².